The van der Waals surface area contributed by atoms with E-state index in [-0.39, 0.29) is 6.61 Å². The van der Waals surface area contributed by atoms with Crippen molar-refractivity contribution >= 4 is 28.7 Å². The summed E-state index contributed by atoms with van der Waals surface area (Å²) in [5, 5.41) is 9.94. The summed E-state index contributed by atoms with van der Waals surface area (Å²) in [7, 11) is 1.22. The first kappa shape index (κ1) is 18.4. The normalized spacial score (nSPS) is 12.5. The molecule has 0 bridgehead atoms. The number of aromatic amines is 1. The van der Waals surface area contributed by atoms with E-state index in [4.69, 9.17) is 15.2 Å². The fourth-order valence-electron chi connectivity index (χ4n) is 2.08. The molecule has 0 fully saturated rings. The first-order valence-corrected chi connectivity index (χ1v) is 7.63. The number of amides is 1. The second-order valence-electron chi connectivity index (χ2n) is 6.34. The van der Waals surface area contributed by atoms with Gasteiger partial charge in [0.2, 0.25) is 0 Å². The average molecular weight is 350 g/mol. The predicted molar refractivity (Wildman–Crippen MR) is 91.2 cm³/mol. The van der Waals surface area contributed by atoms with Gasteiger partial charge in [0.25, 0.3) is 0 Å². The molecule has 1 heterocycles. The van der Waals surface area contributed by atoms with Crippen molar-refractivity contribution in [1.29, 1.82) is 0 Å². The van der Waals surface area contributed by atoms with Crippen LogP contribution in [-0.2, 0) is 14.3 Å². The maximum absolute atomic E-state index is 11.9. The Morgan fingerprint density at radius 2 is 2.08 bits per heavy atom. The monoisotopic (exact) mass is 350 g/mol. The number of nitrogens with two attached hydrogens (primary N) is 1. The number of aromatic nitrogens is 2. The van der Waals surface area contributed by atoms with E-state index >= 15 is 0 Å². The first-order chi connectivity index (χ1) is 11.7. The third-order valence-corrected chi connectivity index (χ3v) is 3.20. The number of methoxy groups -OCH3 is 1. The summed E-state index contributed by atoms with van der Waals surface area (Å²) in [5.41, 5.74) is 6.31. The van der Waals surface area contributed by atoms with E-state index in [0.29, 0.717) is 17.0 Å². The van der Waals surface area contributed by atoms with E-state index in [1.54, 1.807) is 39.1 Å². The molecule has 0 aliphatic heterocycles. The van der Waals surface area contributed by atoms with Crippen LogP contribution in [-0.4, -0.2) is 47.6 Å². The van der Waals surface area contributed by atoms with Gasteiger partial charge in [-0.1, -0.05) is 0 Å². The molecular weight excluding hydrogens is 328 g/mol. The number of fused-ring (bicyclic) bond motifs is 1. The zero-order chi connectivity index (χ0) is 18.6. The van der Waals surface area contributed by atoms with Gasteiger partial charge >= 0.3 is 12.1 Å². The molecular formula is C16H22N4O5. The van der Waals surface area contributed by atoms with E-state index in [2.05, 4.69) is 20.3 Å². The number of esters is 1. The number of anilines is 1. The number of hydrogen-bond donors (Lipinski definition) is 3. The molecule has 9 nitrogen and oxygen atoms in total. The number of nitrogen functional groups attached to an aromatic ring is 1. The molecule has 136 valence electrons. The van der Waals surface area contributed by atoms with Crippen LogP contribution in [0.4, 0.5) is 10.5 Å². The van der Waals surface area contributed by atoms with E-state index in [9.17, 15) is 9.59 Å². The van der Waals surface area contributed by atoms with Crippen molar-refractivity contribution in [2.75, 3.05) is 19.5 Å². The lowest BCUT2D eigenvalue weighted by atomic mass is 10.2. The Morgan fingerprint density at radius 1 is 1.36 bits per heavy atom. The zero-order valence-electron chi connectivity index (χ0n) is 14.6. The second-order valence-corrected chi connectivity index (χ2v) is 6.34. The van der Waals surface area contributed by atoms with Gasteiger partial charge in [0, 0.05) is 5.39 Å². The molecule has 0 saturated carbocycles. The van der Waals surface area contributed by atoms with Crippen LogP contribution in [0.3, 0.4) is 0 Å². The third-order valence-electron chi connectivity index (χ3n) is 3.20. The zero-order valence-corrected chi connectivity index (χ0v) is 14.6. The van der Waals surface area contributed by atoms with Crippen LogP contribution >= 0.6 is 0 Å². The number of carbonyl (C=O) groups is 2. The quantitative estimate of drug-likeness (QED) is 0.551. The van der Waals surface area contributed by atoms with Gasteiger partial charge in [0.15, 0.2) is 6.04 Å². The van der Waals surface area contributed by atoms with Crippen LogP contribution in [0, 0.1) is 0 Å². The van der Waals surface area contributed by atoms with Crippen LogP contribution in [0.2, 0.25) is 0 Å². The lowest BCUT2D eigenvalue weighted by Crippen LogP contribution is -2.47. The fourth-order valence-corrected chi connectivity index (χ4v) is 2.08. The third kappa shape index (κ3) is 4.75. The van der Waals surface area contributed by atoms with Crippen molar-refractivity contribution in [1.82, 2.24) is 15.5 Å². The van der Waals surface area contributed by atoms with Crippen LogP contribution < -0.4 is 15.8 Å². The summed E-state index contributed by atoms with van der Waals surface area (Å²) in [6, 6.07) is 2.39. The topological polar surface area (TPSA) is 129 Å². The average Bonchev–Trinajstić information content (AvgIpc) is 2.99. The molecule has 9 heteroatoms. The van der Waals surface area contributed by atoms with Crippen molar-refractivity contribution in [3.63, 3.8) is 0 Å². The highest BCUT2D eigenvalue weighted by molar-refractivity contribution is 5.92. The number of nitrogens with one attached hydrogen (secondary N) is 2. The van der Waals surface area contributed by atoms with E-state index < -0.39 is 23.7 Å². The van der Waals surface area contributed by atoms with Crippen LogP contribution in [0.15, 0.2) is 18.3 Å². The molecule has 2 aromatic rings. The standard InChI is InChI=1S/C16H22N4O5/c1-16(2,3)25-15(22)19-10(14(21)23-4)8-24-11-6-5-9-7-18-20-13(9)12(11)17/h5-7,10H,8,17H2,1-4H3,(H,18,20)(H,19,22). The smallest absolute Gasteiger partial charge is 0.408 e. The summed E-state index contributed by atoms with van der Waals surface area (Å²) in [5.74, 6) is -0.302. The number of carbonyl (C=O) groups excluding carboxylic acids is 2. The molecule has 1 aromatic carbocycles. The first-order valence-electron chi connectivity index (χ1n) is 7.63. The highest BCUT2D eigenvalue weighted by Crippen LogP contribution is 2.28. The second kappa shape index (κ2) is 7.29. The number of ether oxygens (including phenoxy) is 3. The Hall–Kier alpha value is -2.97. The number of nitrogens with zero attached hydrogens (tertiary/aromatic N) is 1. The molecule has 2 rings (SSSR count). The molecule has 25 heavy (non-hydrogen) atoms. The van der Waals surface area contributed by atoms with Crippen molar-refractivity contribution in [3.05, 3.63) is 18.3 Å². The Kier molecular flexibility index (Phi) is 5.35. The van der Waals surface area contributed by atoms with Crippen molar-refractivity contribution in [2.45, 2.75) is 32.4 Å². The summed E-state index contributed by atoms with van der Waals surface area (Å²) >= 11 is 0. The van der Waals surface area contributed by atoms with E-state index in [1.165, 1.54) is 7.11 Å². The molecule has 0 aliphatic carbocycles. The summed E-state index contributed by atoms with van der Waals surface area (Å²) < 4.78 is 15.4. The van der Waals surface area contributed by atoms with Gasteiger partial charge < -0.3 is 25.3 Å². The summed E-state index contributed by atoms with van der Waals surface area (Å²) in [6.45, 7) is 4.99. The largest absolute Gasteiger partial charge is 0.489 e. The molecule has 0 spiro atoms. The maximum Gasteiger partial charge on any atom is 0.408 e. The molecule has 1 unspecified atom stereocenters. The SMILES string of the molecule is COC(=O)C(COc1ccc2cn[nH]c2c1N)NC(=O)OC(C)(C)C. The molecule has 4 N–H and O–H groups in total. The van der Waals surface area contributed by atoms with Crippen LogP contribution in [0.1, 0.15) is 20.8 Å². The van der Waals surface area contributed by atoms with Gasteiger partial charge in [-0.05, 0) is 32.9 Å². The van der Waals surface area contributed by atoms with Gasteiger partial charge in [0.1, 0.15) is 23.6 Å². The number of hydrogen-bond acceptors (Lipinski definition) is 7. The van der Waals surface area contributed by atoms with E-state index in [1.807, 2.05) is 0 Å². The summed E-state index contributed by atoms with van der Waals surface area (Å²) in [4.78, 5) is 23.7. The predicted octanol–water partition coefficient (Wildman–Crippen LogP) is 1.59. The van der Waals surface area contributed by atoms with Gasteiger partial charge in [-0.25, -0.2) is 9.59 Å². The van der Waals surface area contributed by atoms with Crippen LogP contribution in [0.5, 0.6) is 5.75 Å². The van der Waals surface area contributed by atoms with Gasteiger partial charge in [-0.3, -0.25) is 5.10 Å². The number of rotatable bonds is 5. The van der Waals surface area contributed by atoms with Gasteiger partial charge in [-0.15, -0.1) is 0 Å². The lowest BCUT2D eigenvalue weighted by Gasteiger charge is -2.22. The van der Waals surface area contributed by atoms with Crippen molar-refractivity contribution < 1.29 is 23.8 Å². The minimum Gasteiger partial charge on any atom is -0.489 e. The number of H-pyrrole nitrogens is 1. The molecule has 1 atom stereocenters. The molecule has 0 saturated heterocycles. The summed E-state index contributed by atoms with van der Waals surface area (Å²) in [6.07, 6.45) is 0.889. The van der Waals surface area contributed by atoms with Gasteiger partial charge in [0.05, 0.1) is 18.8 Å². The molecule has 1 aromatic heterocycles. The molecule has 0 radical (unpaired) electrons. The fraction of sp³-hybridized carbons (Fsp3) is 0.438. The maximum atomic E-state index is 11.9. The number of alkyl carbamates (subject to hydrolysis) is 1. The Labute approximate surface area is 144 Å². The van der Waals surface area contributed by atoms with E-state index in [0.717, 1.165) is 5.39 Å². The minimum absolute atomic E-state index is 0.171. The van der Waals surface area contributed by atoms with Crippen molar-refractivity contribution in [3.8, 4) is 5.75 Å². The molecule has 0 aliphatic rings. The lowest BCUT2D eigenvalue weighted by molar-refractivity contribution is -0.143. The Bertz CT molecular complexity index is 765. The van der Waals surface area contributed by atoms with Crippen LogP contribution in [0.25, 0.3) is 10.9 Å². The highest BCUT2D eigenvalue weighted by Gasteiger charge is 2.26. The number of benzene rings is 1. The van der Waals surface area contributed by atoms with Gasteiger partial charge in [-0.2, -0.15) is 5.10 Å². The molecule has 1 amide bonds. The Balaban J connectivity index is 2.07. The highest BCUT2D eigenvalue weighted by atomic mass is 16.6. The van der Waals surface area contributed by atoms with Crippen molar-refractivity contribution in [2.24, 2.45) is 0 Å². The minimum atomic E-state index is -1.04. The Morgan fingerprint density at radius 3 is 2.72 bits per heavy atom.